The first-order chi connectivity index (χ1) is 12.9. The molecule has 0 aromatic heterocycles. The molecule has 0 radical (unpaired) electrons. The second kappa shape index (κ2) is 8.85. The number of nitrogens with zero attached hydrogens (tertiary/aromatic N) is 3. The van der Waals surface area contributed by atoms with E-state index in [-0.39, 0.29) is 17.9 Å². The van der Waals surface area contributed by atoms with E-state index in [1.807, 2.05) is 30.9 Å². The highest BCUT2D eigenvalue weighted by atomic mass is 16.2. The summed E-state index contributed by atoms with van der Waals surface area (Å²) >= 11 is 0. The highest BCUT2D eigenvalue weighted by Crippen LogP contribution is 2.17. The van der Waals surface area contributed by atoms with E-state index in [4.69, 9.17) is 0 Å². The SMILES string of the molecule is Cc1ccc(NC(=O)C(C)N2CCN(CC(=O)N3CCCC3)CC2)c(C)c1. The van der Waals surface area contributed by atoms with E-state index in [0.29, 0.717) is 6.54 Å². The van der Waals surface area contributed by atoms with Gasteiger partial charge in [0, 0.05) is 45.0 Å². The van der Waals surface area contributed by atoms with Gasteiger partial charge in [-0.25, -0.2) is 0 Å². The van der Waals surface area contributed by atoms with Gasteiger partial charge >= 0.3 is 0 Å². The first-order valence-corrected chi connectivity index (χ1v) is 10.1. The summed E-state index contributed by atoms with van der Waals surface area (Å²) < 4.78 is 0. The van der Waals surface area contributed by atoms with Crippen molar-refractivity contribution in [3.63, 3.8) is 0 Å². The third-order valence-electron chi connectivity index (χ3n) is 5.79. The second-order valence-corrected chi connectivity index (χ2v) is 7.88. The maximum absolute atomic E-state index is 12.7. The fourth-order valence-electron chi connectivity index (χ4n) is 3.92. The number of anilines is 1. The molecule has 1 unspecified atom stereocenters. The molecule has 1 aromatic carbocycles. The fourth-order valence-corrected chi connectivity index (χ4v) is 3.92. The van der Waals surface area contributed by atoms with Gasteiger partial charge in [-0.1, -0.05) is 17.7 Å². The van der Waals surface area contributed by atoms with Crippen LogP contribution in [0.2, 0.25) is 0 Å². The van der Waals surface area contributed by atoms with Gasteiger partial charge in [-0.05, 0) is 45.2 Å². The minimum atomic E-state index is -0.179. The van der Waals surface area contributed by atoms with E-state index in [1.165, 1.54) is 5.56 Å². The van der Waals surface area contributed by atoms with Crippen molar-refractivity contribution < 1.29 is 9.59 Å². The van der Waals surface area contributed by atoms with Crippen LogP contribution in [0.25, 0.3) is 0 Å². The Balaban J connectivity index is 1.46. The van der Waals surface area contributed by atoms with Gasteiger partial charge in [-0.15, -0.1) is 0 Å². The molecule has 2 aliphatic heterocycles. The number of aryl methyl sites for hydroxylation is 2. The van der Waals surface area contributed by atoms with Gasteiger partial charge in [-0.3, -0.25) is 19.4 Å². The summed E-state index contributed by atoms with van der Waals surface area (Å²) in [6.45, 7) is 11.7. The number of likely N-dealkylation sites (tertiary alicyclic amines) is 1. The van der Waals surface area contributed by atoms with Gasteiger partial charge < -0.3 is 10.2 Å². The molecular formula is C21H32N4O2. The Morgan fingerprint density at radius 2 is 1.70 bits per heavy atom. The molecule has 27 heavy (non-hydrogen) atoms. The molecule has 0 bridgehead atoms. The molecule has 1 atom stereocenters. The van der Waals surface area contributed by atoms with Crippen LogP contribution in [0, 0.1) is 13.8 Å². The van der Waals surface area contributed by atoms with Gasteiger partial charge in [0.15, 0.2) is 0 Å². The summed E-state index contributed by atoms with van der Waals surface area (Å²) in [6, 6.07) is 5.89. The number of amides is 2. The molecule has 2 amide bonds. The first-order valence-electron chi connectivity index (χ1n) is 10.1. The van der Waals surface area contributed by atoms with Crippen LogP contribution in [-0.4, -0.2) is 78.4 Å². The van der Waals surface area contributed by atoms with Crippen LogP contribution < -0.4 is 5.32 Å². The van der Waals surface area contributed by atoms with Gasteiger partial charge in [0.05, 0.1) is 12.6 Å². The van der Waals surface area contributed by atoms with E-state index in [1.54, 1.807) is 0 Å². The van der Waals surface area contributed by atoms with Crippen molar-refractivity contribution in [1.29, 1.82) is 0 Å². The summed E-state index contributed by atoms with van der Waals surface area (Å²) in [5.41, 5.74) is 3.16. The molecule has 6 nitrogen and oxygen atoms in total. The van der Waals surface area contributed by atoms with E-state index < -0.39 is 0 Å². The Morgan fingerprint density at radius 1 is 1.04 bits per heavy atom. The molecule has 0 saturated carbocycles. The maximum atomic E-state index is 12.7. The van der Waals surface area contributed by atoms with Crippen molar-refractivity contribution in [3.05, 3.63) is 29.3 Å². The molecule has 2 fully saturated rings. The fraction of sp³-hybridized carbons (Fsp3) is 0.619. The van der Waals surface area contributed by atoms with Crippen LogP contribution >= 0.6 is 0 Å². The normalized spacial score (nSPS) is 19.9. The Bertz CT molecular complexity index is 677. The molecular weight excluding hydrogens is 340 g/mol. The third kappa shape index (κ3) is 5.08. The molecule has 3 rings (SSSR count). The Kier molecular flexibility index (Phi) is 6.50. The van der Waals surface area contributed by atoms with Gasteiger partial charge in [-0.2, -0.15) is 0 Å². The highest BCUT2D eigenvalue weighted by molar-refractivity contribution is 5.95. The summed E-state index contributed by atoms with van der Waals surface area (Å²) in [4.78, 5) is 31.4. The zero-order chi connectivity index (χ0) is 19.4. The number of carbonyl (C=O) groups is 2. The Morgan fingerprint density at radius 3 is 2.33 bits per heavy atom. The summed E-state index contributed by atoms with van der Waals surface area (Å²) in [5.74, 6) is 0.283. The quantitative estimate of drug-likeness (QED) is 0.857. The molecule has 148 valence electrons. The van der Waals surface area contributed by atoms with E-state index in [0.717, 1.165) is 63.4 Å². The van der Waals surface area contributed by atoms with Crippen molar-refractivity contribution >= 4 is 17.5 Å². The summed E-state index contributed by atoms with van der Waals surface area (Å²) in [7, 11) is 0. The molecule has 1 N–H and O–H groups in total. The average molecular weight is 373 g/mol. The number of benzene rings is 1. The van der Waals surface area contributed by atoms with Crippen LogP contribution in [0.15, 0.2) is 18.2 Å². The lowest BCUT2D eigenvalue weighted by molar-refractivity contribution is -0.132. The lowest BCUT2D eigenvalue weighted by atomic mass is 10.1. The molecule has 1 aromatic rings. The third-order valence-corrected chi connectivity index (χ3v) is 5.79. The zero-order valence-corrected chi connectivity index (χ0v) is 16.8. The Hall–Kier alpha value is -1.92. The number of hydrogen-bond acceptors (Lipinski definition) is 4. The molecule has 0 aliphatic carbocycles. The molecule has 2 saturated heterocycles. The van der Waals surface area contributed by atoms with E-state index in [2.05, 4.69) is 28.1 Å². The monoisotopic (exact) mass is 372 g/mol. The molecule has 0 spiro atoms. The van der Waals surface area contributed by atoms with Crippen molar-refractivity contribution in [2.75, 3.05) is 51.1 Å². The first kappa shape index (κ1) is 19.8. The van der Waals surface area contributed by atoms with Crippen molar-refractivity contribution in [3.8, 4) is 0 Å². The molecule has 2 heterocycles. The predicted octanol–water partition coefficient (Wildman–Crippen LogP) is 1.87. The number of piperazine rings is 1. The number of rotatable bonds is 5. The largest absolute Gasteiger partial charge is 0.342 e. The van der Waals surface area contributed by atoms with E-state index in [9.17, 15) is 9.59 Å². The Labute approximate surface area is 162 Å². The van der Waals surface area contributed by atoms with Gasteiger partial charge in [0.1, 0.15) is 0 Å². The van der Waals surface area contributed by atoms with Crippen LogP contribution in [-0.2, 0) is 9.59 Å². The summed E-state index contributed by atoms with van der Waals surface area (Å²) in [5, 5.41) is 3.06. The number of carbonyl (C=O) groups excluding carboxylic acids is 2. The van der Waals surface area contributed by atoms with Crippen molar-refractivity contribution in [1.82, 2.24) is 14.7 Å². The average Bonchev–Trinajstić information content (AvgIpc) is 3.19. The van der Waals surface area contributed by atoms with Crippen LogP contribution in [0.4, 0.5) is 5.69 Å². The second-order valence-electron chi connectivity index (χ2n) is 7.88. The van der Waals surface area contributed by atoms with E-state index >= 15 is 0 Å². The predicted molar refractivity (Wildman–Crippen MR) is 108 cm³/mol. The number of hydrogen-bond donors (Lipinski definition) is 1. The zero-order valence-electron chi connectivity index (χ0n) is 16.8. The van der Waals surface area contributed by atoms with Gasteiger partial charge in [0.2, 0.25) is 11.8 Å². The molecule has 6 heteroatoms. The minimum absolute atomic E-state index is 0.0311. The maximum Gasteiger partial charge on any atom is 0.241 e. The van der Waals surface area contributed by atoms with Crippen molar-refractivity contribution in [2.24, 2.45) is 0 Å². The number of nitrogens with one attached hydrogen (secondary N) is 1. The van der Waals surface area contributed by atoms with Crippen LogP contribution in [0.3, 0.4) is 0 Å². The molecule has 2 aliphatic rings. The van der Waals surface area contributed by atoms with Crippen LogP contribution in [0.5, 0.6) is 0 Å². The van der Waals surface area contributed by atoms with Crippen molar-refractivity contribution in [2.45, 2.75) is 39.7 Å². The smallest absolute Gasteiger partial charge is 0.241 e. The lowest BCUT2D eigenvalue weighted by Crippen LogP contribution is -2.54. The minimum Gasteiger partial charge on any atom is -0.342 e. The summed E-state index contributed by atoms with van der Waals surface area (Å²) in [6.07, 6.45) is 2.26. The van der Waals surface area contributed by atoms with Crippen LogP contribution in [0.1, 0.15) is 30.9 Å². The topological polar surface area (TPSA) is 55.9 Å². The van der Waals surface area contributed by atoms with Gasteiger partial charge in [0.25, 0.3) is 0 Å². The highest BCUT2D eigenvalue weighted by Gasteiger charge is 2.28. The standard InChI is InChI=1S/C21H32N4O2/c1-16-6-7-19(17(2)14-16)22-21(27)18(3)24-12-10-23(11-13-24)15-20(26)25-8-4-5-9-25/h6-7,14,18H,4-5,8-13,15H2,1-3H3,(H,22,27). The lowest BCUT2D eigenvalue weighted by Gasteiger charge is -2.37.